The van der Waals surface area contributed by atoms with Gasteiger partial charge in [0.2, 0.25) is 0 Å². The molecule has 3 nitrogen and oxygen atoms in total. The molecule has 1 aliphatic rings. The average molecular weight is 278 g/mol. The number of hydrogen-bond donors (Lipinski definition) is 0. The molecule has 1 aliphatic heterocycles. The smallest absolute Gasteiger partial charge is 0.410 e. The summed E-state index contributed by atoms with van der Waals surface area (Å²) in [6.45, 7) is 8.67. The quantitative estimate of drug-likeness (QED) is 0.690. The van der Waals surface area contributed by atoms with Crippen molar-refractivity contribution in [1.82, 2.24) is 4.90 Å². The van der Waals surface area contributed by atoms with Crippen molar-refractivity contribution in [3.63, 3.8) is 0 Å². The van der Waals surface area contributed by atoms with Crippen LogP contribution in [0.3, 0.4) is 0 Å². The first-order valence-electron chi connectivity index (χ1n) is 5.39. The van der Waals surface area contributed by atoms with E-state index in [-0.39, 0.29) is 12.1 Å². The summed E-state index contributed by atoms with van der Waals surface area (Å²) in [4.78, 5) is 13.7. The van der Waals surface area contributed by atoms with Gasteiger partial charge in [-0.1, -0.05) is 22.9 Å². The average Bonchev–Trinajstić information content (AvgIpc) is 2.43. The van der Waals surface area contributed by atoms with Crippen LogP contribution in [-0.2, 0) is 4.74 Å². The first kappa shape index (κ1) is 12.8. The molecule has 2 atom stereocenters. The van der Waals surface area contributed by atoms with Crippen LogP contribution < -0.4 is 0 Å². The summed E-state index contributed by atoms with van der Waals surface area (Å²) in [7, 11) is 0. The number of halogens is 1. The van der Waals surface area contributed by atoms with Gasteiger partial charge in [-0.05, 0) is 33.1 Å². The summed E-state index contributed by atoms with van der Waals surface area (Å²) in [6, 6.07) is 0.287. The van der Waals surface area contributed by atoms with E-state index in [1.54, 1.807) is 0 Å². The topological polar surface area (TPSA) is 29.5 Å². The molecule has 0 aromatic rings. The normalized spacial score (nSPS) is 26.9. The number of carbonyl (C=O) groups is 1. The maximum Gasteiger partial charge on any atom is 0.410 e. The highest BCUT2D eigenvalue weighted by molar-refractivity contribution is 9.09. The molecular weight excluding hydrogens is 258 g/mol. The van der Waals surface area contributed by atoms with Crippen molar-refractivity contribution in [2.45, 2.75) is 45.8 Å². The van der Waals surface area contributed by atoms with Crippen LogP contribution >= 0.6 is 15.9 Å². The van der Waals surface area contributed by atoms with Crippen LogP contribution in [0.1, 0.15) is 34.1 Å². The Kier molecular flexibility index (Phi) is 4.04. The van der Waals surface area contributed by atoms with E-state index in [1.165, 1.54) is 0 Å². The molecule has 0 unspecified atom stereocenters. The number of ether oxygens (including phenoxy) is 1. The van der Waals surface area contributed by atoms with Gasteiger partial charge in [-0.3, -0.25) is 0 Å². The minimum absolute atomic E-state index is 0.184. The highest BCUT2D eigenvalue weighted by Gasteiger charge is 2.34. The number of rotatable bonds is 1. The third kappa shape index (κ3) is 3.67. The summed E-state index contributed by atoms with van der Waals surface area (Å²) >= 11 is 3.44. The number of carbonyl (C=O) groups excluding carboxylic acids is 1. The zero-order chi connectivity index (χ0) is 11.6. The van der Waals surface area contributed by atoms with Gasteiger partial charge in [-0.25, -0.2) is 4.79 Å². The van der Waals surface area contributed by atoms with E-state index in [0.717, 1.165) is 18.3 Å². The first-order chi connectivity index (χ1) is 6.83. The van der Waals surface area contributed by atoms with Crippen molar-refractivity contribution in [3.05, 3.63) is 0 Å². The lowest BCUT2D eigenvalue weighted by molar-refractivity contribution is 0.0238. The summed E-state index contributed by atoms with van der Waals surface area (Å²) in [5.41, 5.74) is -0.403. The van der Waals surface area contributed by atoms with Gasteiger partial charge in [-0.15, -0.1) is 0 Å². The number of likely N-dealkylation sites (tertiary alicyclic amines) is 1. The standard InChI is InChI=1S/C11H20BrNO2/c1-8-5-9(6-12)13(7-8)10(14)15-11(2,3)4/h8-9H,5-7H2,1-4H3/t8-,9-/m0/s1. The Labute approximate surface area is 100 Å². The van der Waals surface area contributed by atoms with E-state index < -0.39 is 5.60 Å². The van der Waals surface area contributed by atoms with Crippen LogP contribution in [-0.4, -0.2) is 34.5 Å². The molecule has 0 N–H and O–H groups in total. The molecular formula is C11H20BrNO2. The SMILES string of the molecule is C[C@H]1C[C@@H](CBr)N(C(=O)OC(C)(C)C)C1. The van der Waals surface area contributed by atoms with Gasteiger partial charge in [0.25, 0.3) is 0 Å². The van der Waals surface area contributed by atoms with Gasteiger partial charge >= 0.3 is 6.09 Å². The molecule has 15 heavy (non-hydrogen) atoms. The highest BCUT2D eigenvalue weighted by atomic mass is 79.9. The Hall–Kier alpha value is -0.250. The lowest BCUT2D eigenvalue weighted by atomic mass is 10.1. The molecule has 0 saturated carbocycles. The molecule has 0 spiro atoms. The van der Waals surface area contributed by atoms with Crippen LogP contribution in [0, 0.1) is 5.92 Å². The Morgan fingerprint density at radius 2 is 2.13 bits per heavy atom. The molecule has 0 radical (unpaired) electrons. The summed E-state index contributed by atoms with van der Waals surface area (Å²) in [5.74, 6) is 0.570. The van der Waals surface area contributed by atoms with Crippen molar-refractivity contribution in [3.8, 4) is 0 Å². The molecule has 1 rings (SSSR count). The molecule has 0 aromatic carbocycles. The highest BCUT2D eigenvalue weighted by Crippen LogP contribution is 2.25. The minimum atomic E-state index is -0.403. The van der Waals surface area contributed by atoms with E-state index in [2.05, 4.69) is 22.9 Å². The molecule has 1 heterocycles. The van der Waals surface area contributed by atoms with Crippen molar-refractivity contribution in [1.29, 1.82) is 0 Å². The summed E-state index contributed by atoms with van der Waals surface area (Å²) in [5, 5.41) is 0.830. The monoisotopic (exact) mass is 277 g/mol. The molecule has 1 fully saturated rings. The number of alkyl halides is 1. The van der Waals surface area contributed by atoms with E-state index in [4.69, 9.17) is 4.74 Å². The van der Waals surface area contributed by atoms with Gasteiger partial charge in [0, 0.05) is 17.9 Å². The predicted octanol–water partition coefficient (Wildman–Crippen LogP) is 3.03. The second-order valence-corrected chi connectivity index (χ2v) is 5.93. The second-order valence-electron chi connectivity index (χ2n) is 5.28. The second kappa shape index (κ2) is 4.73. The first-order valence-corrected chi connectivity index (χ1v) is 6.51. The third-order valence-corrected chi connectivity index (χ3v) is 3.18. The van der Waals surface area contributed by atoms with E-state index in [0.29, 0.717) is 5.92 Å². The fourth-order valence-electron chi connectivity index (χ4n) is 1.84. The van der Waals surface area contributed by atoms with Gasteiger partial charge < -0.3 is 9.64 Å². The Morgan fingerprint density at radius 1 is 1.53 bits per heavy atom. The van der Waals surface area contributed by atoms with Crippen LogP contribution in [0.2, 0.25) is 0 Å². The fraction of sp³-hybridized carbons (Fsp3) is 0.909. The van der Waals surface area contributed by atoms with Gasteiger partial charge in [0.05, 0.1) is 0 Å². The molecule has 0 aromatic heterocycles. The third-order valence-electron chi connectivity index (χ3n) is 2.43. The molecule has 1 saturated heterocycles. The Balaban J connectivity index is 2.59. The van der Waals surface area contributed by atoms with Gasteiger partial charge in [0.1, 0.15) is 5.60 Å². The van der Waals surface area contributed by atoms with E-state index in [9.17, 15) is 4.79 Å². The van der Waals surface area contributed by atoms with E-state index in [1.807, 2.05) is 25.7 Å². The van der Waals surface area contributed by atoms with Crippen LogP contribution in [0.25, 0.3) is 0 Å². The van der Waals surface area contributed by atoms with Crippen LogP contribution in [0.15, 0.2) is 0 Å². The molecule has 88 valence electrons. The Bertz CT molecular complexity index is 237. The minimum Gasteiger partial charge on any atom is -0.444 e. The van der Waals surface area contributed by atoms with Crippen molar-refractivity contribution < 1.29 is 9.53 Å². The van der Waals surface area contributed by atoms with Crippen LogP contribution in [0.4, 0.5) is 4.79 Å². The summed E-state index contributed by atoms with van der Waals surface area (Å²) in [6.07, 6.45) is 0.876. The van der Waals surface area contributed by atoms with E-state index >= 15 is 0 Å². The predicted molar refractivity (Wildman–Crippen MR) is 64.3 cm³/mol. The zero-order valence-corrected chi connectivity index (χ0v) is 11.5. The molecule has 0 aliphatic carbocycles. The maximum absolute atomic E-state index is 11.9. The molecule has 0 bridgehead atoms. The van der Waals surface area contributed by atoms with Crippen LogP contribution in [0.5, 0.6) is 0 Å². The van der Waals surface area contributed by atoms with Crippen molar-refractivity contribution in [2.24, 2.45) is 5.92 Å². The van der Waals surface area contributed by atoms with Gasteiger partial charge in [0.15, 0.2) is 0 Å². The lowest BCUT2D eigenvalue weighted by Crippen LogP contribution is -2.40. The number of hydrogen-bond acceptors (Lipinski definition) is 2. The fourth-order valence-corrected chi connectivity index (χ4v) is 2.46. The van der Waals surface area contributed by atoms with Crippen molar-refractivity contribution >= 4 is 22.0 Å². The van der Waals surface area contributed by atoms with Gasteiger partial charge in [-0.2, -0.15) is 0 Å². The lowest BCUT2D eigenvalue weighted by Gasteiger charge is -2.27. The van der Waals surface area contributed by atoms with Crippen molar-refractivity contribution in [2.75, 3.05) is 11.9 Å². The molecule has 4 heteroatoms. The number of amides is 1. The molecule has 1 amide bonds. The summed E-state index contributed by atoms with van der Waals surface area (Å²) < 4.78 is 5.37. The zero-order valence-electron chi connectivity index (χ0n) is 9.92. The Morgan fingerprint density at radius 3 is 2.60 bits per heavy atom. The number of nitrogens with zero attached hydrogens (tertiary/aromatic N) is 1. The largest absolute Gasteiger partial charge is 0.444 e. The maximum atomic E-state index is 11.9.